The molecule has 0 saturated heterocycles. The van der Waals surface area contributed by atoms with Crippen molar-refractivity contribution in [2.45, 2.75) is 111 Å². The molecule has 0 aromatic heterocycles. The molecule has 0 spiro atoms. The molecule has 0 aliphatic heterocycles. The Morgan fingerprint density at radius 2 is 1.38 bits per heavy atom. The Labute approximate surface area is 287 Å². The van der Waals surface area contributed by atoms with E-state index in [2.05, 4.69) is 87.5 Å². The van der Waals surface area contributed by atoms with Crippen molar-refractivity contribution >= 4 is 23.5 Å². The minimum absolute atomic E-state index is 0.00952. The molecule has 4 fully saturated rings. The summed E-state index contributed by atoms with van der Waals surface area (Å²) in [6.45, 7) is 11.7. The SMILES string of the molecule is CC(=O)O[C@H]1CC[C@@]2(C)[C@H](C1)C[C@@H](OC(C)=O)[C@H]1[C@H]2C[C@@H](OC(C)=O)[C@@]2(C)[C@@H]1CC[C@H]2[C@H](C)CC=C(c1ccccc1)c1ccccc1. The van der Waals surface area contributed by atoms with Gasteiger partial charge < -0.3 is 14.2 Å². The molecule has 0 amide bonds. The molecule has 0 N–H and O–H groups in total. The molecule has 4 aliphatic rings. The highest BCUT2D eigenvalue weighted by molar-refractivity contribution is 5.79. The van der Waals surface area contributed by atoms with E-state index in [1.54, 1.807) is 6.92 Å². The third kappa shape index (κ3) is 6.48. The number of hydrogen-bond donors (Lipinski definition) is 0. The van der Waals surface area contributed by atoms with Crippen LogP contribution in [0, 0.1) is 46.3 Å². The number of ether oxygens (including phenoxy) is 3. The Morgan fingerprint density at radius 1 is 0.771 bits per heavy atom. The first-order valence-corrected chi connectivity index (χ1v) is 18.2. The molecular formula is C42H54O6. The number of rotatable bonds is 8. The maximum Gasteiger partial charge on any atom is 0.302 e. The lowest BCUT2D eigenvalue weighted by Crippen LogP contribution is -2.63. The zero-order valence-electron chi connectivity index (χ0n) is 29.7. The van der Waals surface area contributed by atoms with E-state index in [4.69, 9.17) is 14.2 Å². The first-order valence-electron chi connectivity index (χ1n) is 18.2. The van der Waals surface area contributed by atoms with Crippen LogP contribution in [0.3, 0.4) is 0 Å². The zero-order valence-corrected chi connectivity index (χ0v) is 29.7. The van der Waals surface area contributed by atoms with Gasteiger partial charge in [0.1, 0.15) is 18.3 Å². The molecular weight excluding hydrogens is 600 g/mol. The number of hydrogen-bond acceptors (Lipinski definition) is 6. The summed E-state index contributed by atoms with van der Waals surface area (Å²) in [5.41, 5.74) is 3.42. The fourth-order valence-electron chi connectivity index (χ4n) is 11.2. The van der Waals surface area contributed by atoms with Gasteiger partial charge in [0.2, 0.25) is 0 Å². The molecule has 48 heavy (non-hydrogen) atoms. The third-order valence-corrected chi connectivity index (χ3v) is 13.3. The van der Waals surface area contributed by atoms with Gasteiger partial charge in [-0.15, -0.1) is 0 Å². The molecule has 2 aromatic rings. The summed E-state index contributed by atoms with van der Waals surface area (Å²) in [4.78, 5) is 37.2. The Hall–Kier alpha value is -3.41. The largest absolute Gasteiger partial charge is 0.463 e. The van der Waals surface area contributed by atoms with Crippen molar-refractivity contribution in [3.63, 3.8) is 0 Å². The van der Waals surface area contributed by atoms with Gasteiger partial charge in [0, 0.05) is 32.1 Å². The monoisotopic (exact) mass is 654 g/mol. The van der Waals surface area contributed by atoms with Gasteiger partial charge in [0.25, 0.3) is 0 Å². The van der Waals surface area contributed by atoms with Crippen LogP contribution >= 0.6 is 0 Å². The van der Waals surface area contributed by atoms with Gasteiger partial charge in [-0.1, -0.05) is 87.5 Å². The number of benzene rings is 2. The van der Waals surface area contributed by atoms with Crippen LogP contribution < -0.4 is 0 Å². The predicted octanol–water partition coefficient (Wildman–Crippen LogP) is 8.82. The second kappa shape index (κ2) is 13.8. The summed E-state index contributed by atoms with van der Waals surface area (Å²) in [5, 5.41) is 0. The van der Waals surface area contributed by atoms with Gasteiger partial charge in [0.15, 0.2) is 0 Å². The quantitative estimate of drug-likeness (QED) is 0.209. The van der Waals surface area contributed by atoms with Crippen LogP contribution in [-0.2, 0) is 28.6 Å². The van der Waals surface area contributed by atoms with Gasteiger partial charge in [-0.05, 0) is 103 Å². The highest BCUT2D eigenvalue weighted by atomic mass is 16.6. The van der Waals surface area contributed by atoms with Crippen molar-refractivity contribution in [2.75, 3.05) is 0 Å². The van der Waals surface area contributed by atoms with E-state index < -0.39 is 0 Å². The van der Waals surface area contributed by atoms with Crippen LogP contribution in [0.1, 0.15) is 104 Å². The van der Waals surface area contributed by atoms with E-state index in [0.29, 0.717) is 11.8 Å². The summed E-state index contributed by atoms with van der Waals surface area (Å²) >= 11 is 0. The maximum absolute atomic E-state index is 12.8. The number of carbonyl (C=O) groups excluding carboxylic acids is 3. The van der Waals surface area contributed by atoms with Crippen LogP contribution in [0.4, 0.5) is 0 Å². The Morgan fingerprint density at radius 3 is 1.96 bits per heavy atom. The van der Waals surface area contributed by atoms with Gasteiger partial charge in [0.05, 0.1) is 0 Å². The van der Waals surface area contributed by atoms with E-state index in [9.17, 15) is 14.4 Å². The summed E-state index contributed by atoms with van der Waals surface area (Å²) < 4.78 is 18.3. The lowest BCUT2D eigenvalue weighted by Gasteiger charge is -2.64. The molecule has 2 aromatic carbocycles. The van der Waals surface area contributed by atoms with E-state index in [0.717, 1.165) is 51.4 Å². The number of allylic oxidation sites excluding steroid dienone is 1. The molecule has 0 unspecified atom stereocenters. The van der Waals surface area contributed by atoms with Crippen molar-refractivity contribution in [3.8, 4) is 0 Å². The molecule has 258 valence electrons. The van der Waals surface area contributed by atoms with Crippen LogP contribution in [0.2, 0.25) is 0 Å². The highest BCUT2D eigenvalue weighted by Crippen LogP contribution is 2.69. The summed E-state index contributed by atoms with van der Waals surface area (Å²) in [6, 6.07) is 21.2. The standard InChI is InChI=1S/C42H54O6/c1-26(17-18-34(30-13-9-7-10-14-30)31-15-11-8-12-16-31)35-19-20-36-40-37(25-39(42(35,36)6)48-29(4)45)41(5)22-21-33(46-27(2)43)23-32(41)24-38(40)47-28(3)44/h7-16,18,26,32-33,35-40H,17,19-25H2,1-6H3/t26-,32-,33+,35+,36-,37-,38-,39-,40-,41+,42-/m1/s1. The van der Waals surface area contributed by atoms with Crippen LogP contribution in [0.5, 0.6) is 0 Å². The summed E-state index contributed by atoms with van der Waals surface area (Å²) in [5.74, 6) is 0.994. The molecule has 6 heteroatoms. The fraction of sp³-hybridized carbons (Fsp3) is 0.595. The molecule has 11 atom stereocenters. The van der Waals surface area contributed by atoms with Crippen molar-refractivity contribution in [2.24, 2.45) is 46.3 Å². The maximum atomic E-state index is 12.8. The lowest BCUT2D eigenvalue weighted by molar-refractivity contribution is -0.224. The Bertz CT molecular complexity index is 1460. The first-order chi connectivity index (χ1) is 22.9. The molecule has 6 nitrogen and oxygen atoms in total. The Balaban J connectivity index is 1.33. The topological polar surface area (TPSA) is 78.9 Å². The smallest absolute Gasteiger partial charge is 0.302 e. The molecule has 0 radical (unpaired) electrons. The molecule has 0 bridgehead atoms. The van der Waals surface area contributed by atoms with Crippen LogP contribution in [0.15, 0.2) is 66.7 Å². The zero-order chi connectivity index (χ0) is 34.2. The Kier molecular flexibility index (Phi) is 9.93. The highest BCUT2D eigenvalue weighted by Gasteiger charge is 2.67. The van der Waals surface area contributed by atoms with E-state index in [1.165, 1.54) is 30.5 Å². The number of esters is 3. The minimum atomic E-state index is -0.240. The van der Waals surface area contributed by atoms with Crippen LogP contribution in [0.25, 0.3) is 5.57 Å². The van der Waals surface area contributed by atoms with E-state index in [1.807, 2.05) is 0 Å². The number of carbonyl (C=O) groups is 3. The summed E-state index contributed by atoms with van der Waals surface area (Å²) in [7, 11) is 0. The second-order valence-corrected chi connectivity index (χ2v) is 15.8. The third-order valence-electron chi connectivity index (χ3n) is 13.3. The summed E-state index contributed by atoms with van der Waals surface area (Å²) in [6.07, 6.45) is 9.06. The lowest BCUT2D eigenvalue weighted by atomic mass is 9.43. The predicted molar refractivity (Wildman–Crippen MR) is 186 cm³/mol. The molecule has 0 heterocycles. The van der Waals surface area contributed by atoms with Crippen molar-refractivity contribution < 1.29 is 28.6 Å². The van der Waals surface area contributed by atoms with Crippen molar-refractivity contribution in [1.82, 2.24) is 0 Å². The first kappa shape index (κ1) is 34.5. The van der Waals surface area contributed by atoms with E-state index in [-0.39, 0.29) is 70.7 Å². The molecule has 4 saturated carbocycles. The van der Waals surface area contributed by atoms with Crippen molar-refractivity contribution in [1.29, 1.82) is 0 Å². The van der Waals surface area contributed by atoms with E-state index >= 15 is 0 Å². The minimum Gasteiger partial charge on any atom is -0.463 e. The average Bonchev–Trinajstić information content (AvgIpc) is 3.40. The van der Waals surface area contributed by atoms with Crippen molar-refractivity contribution in [3.05, 3.63) is 77.9 Å². The molecule has 4 aliphatic carbocycles. The van der Waals surface area contributed by atoms with Gasteiger partial charge in [-0.2, -0.15) is 0 Å². The second-order valence-electron chi connectivity index (χ2n) is 15.8. The van der Waals surface area contributed by atoms with Gasteiger partial charge in [-0.3, -0.25) is 14.4 Å². The number of fused-ring (bicyclic) bond motifs is 5. The van der Waals surface area contributed by atoms with Gasteiger partial charge in [-0.25, -0.2) is 0 Å². The van der Waals surface area contributed by atoms with Crippen LogP contribution in [-0.4, -0.2) is 36.2 Å². The normalized spacial score (nSPS) is 36.0. The molecule has 6 rings (SSSR count). The van der Waals surface area contributed by atoms with Gasteiger partial charge >= 0.3 is 17.9 Å². The average molecular weight is 655 g/mol. The fourth-order valence-corrected chi connectivity index (χ4v) is 11.2.